The first-order valence-electron chi connectivity index (χ1n) is 10.2. The minimum absolute atomic E-state index is 0.0659. The zero-order chi connectivity index (χ0) is 20.7. The van der Waals surface area contributed by atoms with Crippen molar-refractivity contribution in [3.05, 3.63) is 0 Å². The second-order valence-electron chi connectivity index (χ2n) is 8.10. The molecule has 1 amide bonds. The molecular weight excluding hydrogens is 371 g/mol. The summed E-state index contributed by atoms with van der Waals surface area (Å²) in [7, 11) is 3.40. The van der Waals surface area contributed by atoms with Gasteiger partial charge in [-0.15, -0.1) is 0 Å². The van der Waals surface area contributed by atoms with Crippen molar-refractivity contribution in [2.75, 3.05) is 53.4 Å². The van der Waals surface area contributed by atoms with Crippen molar-refractivity contribution in [2.45, 2.75) is 51.2 Å². The molecule has 6 nitrogen and oxygen atoms in total. The van der Waals surface area contributed by atoms with Crippen LogP contribution in [0.1, 0.15) is 39.0 Å². The second-order valence-corrected chi connectivity index (χ2v) is 8.10. The molecule has 1 aliphatic carbocycles. The highest BCUT2D eigenvalue weighted by Crippen LogP contribution is 2.23. The number of nitrogens with zero attached hydrogens (tertiary/aromatic N) is 4. The van der Waals surface area contributed by atoms with E-state index >= 15 is 0 Å². The number of carbonyl (C=O) groups is 1. The van der Waals surface area contributed by atoms with Crippen LogP contribution >= 0.6 is 0 Å². The highest BCUT2D eigenvalue weighted by Gasteiger charge is 2.33. The number of carbonyl (C=O) groups excluding carboxylic acids is 1. The zero-order valence-electron chi connectivity index (χ0n) is 17.3. The number of rotatable bonds is 7. The van der Waals surface area contributed by atoms with Crippen molar-refractivity contribution >= 4 is 11.9 Å². The van der Waals surface area contributed by atoms with Crippen molar-refractivity contribution < 1.29 is 18.0 Å². The molecule has 2 fully saturated rings. The Hall–Kier alpha value is -1.51. The summed E-state index contributed by atoms with van der Waals surface area (Å²) in [6.45, 7) is 3.22. The Morgan fingerprint density at radius 3 is 2.46 bits per heavy atom. The fourth-order valence-electron chi connectivity index (χ4n) is 3.87. The van der Waals surface area contributed by atoms with Crippen LogP contribution in [0.2, 0.25) is 0 Å². The molecule has 1 saturated carbocycles. The Labute approximate surface area is 166 Å². The summed E-state index contributed by atoms with van der Waals surface area (Å²) in [5.41, 5.74) is 0. The van der Waals surface area contributed by atoms with Gasteiger partial charge in [-0.1, -0.05) is 19.8 Å². The summed E-state index contributed by atoms with van der Waals surface area (Å²) in [4.78, 5) is 21.6. The maximum Gasteiger partial charge on any atom is 0.401 e. The molecular formula is C19H34F3N5O. The molecule has 1 atom stereocenters. The van der Waals surface area contributed by atoms with Gasteiger partial charge in [0.2, 0.25) is 5.91 Å². The average Bonchev–Trinajstić information content (AvgIpc) is 3.28. The molecule has 2 aliphatic rings. The highest BCUT2D eigenvalue weighted by molar-refractivity contribution is 5.85. The third-order valence-corrected chi connectivity index (χ3v) is 5.50. The number of nitrogens with one attached hydrogen (secondary N) is 1. The fourth-order valence-corrected chi connectivity index (χ4v) is 3.87. The monoisotopic (exact) mass is 405 g/mol. The van der Waals surface area contributed by atoms with Crippen LogP contribution in [0.5, 0.6) is 0 Å². The van der Waals surface area contributed by atoms with Crippen molar-refractivity contribution in [1.82, 2.24) is 20.0 Å². The van der Waals surface area contributed by atoms with Gasteiger partial charge in [0.1, 0.15) is 6.54 Å². The lowest BCUT2D eigenvalue weighted by molar-refractivity contribution is -0.146. The van der Waals surface area contributed by atoms with E-state index < -0.39 is 12.7 Å². The number of alkyl halides is 3. The van der Waals surface area contributed by atoms with Crippen LogP contribution in [-0.2, 0) is 4.79 Å². The number of amides is 1. The van der Waals surface area contributed by atoms with Crippen LogP contribution in [0.25, 0.3) is 0 Å². The summed E-state index contributed by atoms with van der Waals surface area (Å²) in [5.74, 6) is 0.828. The van der Waals surface area contributed by atoms with Crippen molar-refractivity contribution in [3.8, 4) is 0 Å². The van der Waals surface area contributed by atoms with Gasteiger partial charge in [0, 0.05) is 39.8 Å². The van der Waals surface area contributed by atoms with E-state index in [9.17, 15) is 18.0 Å². The summed E-state index contributed by atoms with van der Waals surface area (Å²) >= 11 is 0. The minimum Gasteiger partial charge on any atom is -0.353 e. The lowest BCUT2D eigenvalue weighted by Gasteiger charge is -2.27. The number of guanidine groups is 1. The van der Waals surface area contributed by atoms with Crippen LogP contribution in [0.3, 0.4) is 0 Å². The first-order valence-corrected chi connectivity index (χ1v) is 10.2. The van der Waals surface area contributed by atoms with E-state index in [0.717, 1.165) is 31.8 Å². The molecule has 1 aliphatic heterocycles. The highest BCUT2D eigenvalue weighted by atomic mass is 19.4. The fraction of sp³-hybridized carbons (Fsp3) is 0.895. The molecule has 1 N–H and O–H groups in total. The minimum atomic E-state index is -4.17. The molecule has 2 rings (SSSR count). The van der Waals surface area contributed by atoms with Gasteiger partial charge in [-0.3, -0.25) is 9.69 Å². The Balaban J connectivity index is 1.97. The lowest BCUT2D eigenvalue weighted by Crippen LogP contribution is -2.45. The SMILES string of the molecule is CCN(CC1CCN(C(=NCC(=O)N(C)C)NC2CCCC2)C1)CC(F)(F)F. The van der Waals surface area contributed by atoms with E-state index in [2.05, 4.69) is 15.2 Å². The van der Waals surface area contributed by atoms with Crippen LogP contribution in [0.15, 0.2) is 4.99 Å². The van der Waals surface area contributed by atoms with Gasteiger partial charge in [-0.2, -0.15) is 13.2 Å². The Morgan fingerprint density at radius 2 is 1.89 bits per heavy atom. The topological polar surface area (TPSA) is 51.2 Å². The van der Waals surface area contributed by atoms with Crippen molar-refractivity contribution in [1.29, 1.82) is 0 Å². The molecule has 0 aromatic carbocycles. The van der Waals surface area contributed by atoms with E-state index in [1.54, 1.807) is 21.0 Å². The van der Waals surface area contributed by atoms with Crippen LogP contribution in [0.4, 0.5) is 13.2 Å². The third-order valence-electron chi connectivity index (χ3n) is 5.50. The zero-order valence-corrected chi connectivity index (χ0v) is 17.3. The van der Waals surface area contributed by atoms with Crippen LogP contribution < -0.4 is 5.32 Å². The van der Waals surface area contributed by atoms with Gasteiger partial charge >= 0.3 is 6.18 Å². The quantitative estimate of drug-likeness (QED) is 0.521. The van der Waals surface area contributed by atoms with Gasteiger partial charge in [0.25, 0.3) is 0 Å². The standard InChI is InChI=1S/C19H34F3N5O/c1-4-26(14-19(20,21)22)12-15-9-10-27(13-15)18(23-11-17(28)25(2)3)24-16-7-5-6-8-16/h15-16H,4-14H2,1-3H3,(H,23,24). The van der Waals surface area contributed by atoms with E-state index in [1.807, 2.05) is 0 Å². The molecule has 0 bridgehead atoms. The Kier molecular flexibility index (Phi) is 8.39. The first kappa shape index (κ1) is 22.8. The first-order chi connectivity index (χ1) is 13.2. The Morgan fingerprint density at radius 1 is 1.21 bits per heavy atom. The maximum absolute atomic E-state index is 12.7. The number of hydrogen-bond donors (Lipinski definition) is 1. The van der Waals surface area contributed by atoms with Crippen molar-refractivity contribution in [2.24, 2.45) is 10.9 Å². The average molecular weight is 406 g/mol. The lowest BCUT2D eigenvalue weighted by atomic mass is 10.1. The predicted molar refractivity (Wildman–Crippen MR) is 104 cm³/mol. The third kappa shape index (κ3) is 7.48. The summed E-state index contributed by atoms with van der Waals surface area (Å²) in [6, 6.07) is 0.365. The smallest absolute Gasteiger partial charge is 0.353 e. The van der Waals surface area contributed by atoms with Crippen molar-refractivity contribution in [3.63, 3.8) is 0 Å². The van der Waals surface area contributed by atoms with Gasteiger partial charge in [-0.25, -0.2) is 4.99 Å². The molecule has 1 unspecified atom stereocenters. The number of likely N-dealkylation sites (N-methyl/N-ethyl adjacent to an activating group) is 1. The second kappa shape index (κ2) is 10.3. The molecule has 9 heteroatoms. The molecule has 0 radical (unpaired) electrons. The van der Waals surface area contributed by atoms with Gasteiger partial charge < -0.3 is 15.1 Å². The van der Waals surface area contributed by atoms with E-state index in [-0.39, 0.29) is 18.4 Å². The summed E-state index contributed by atoms with van der Waals surface area (Å²) < 4.78 is 38.2. The largest absolute Gasteiger partial charge is 0.401 e. The number of halogens is 3. The van der Waals surface area contributed by atoms with E-state index in [4.69, 9.17) is 0 Å². The number of aliphatic imine (C=N–C) groups is 1. The van der Waals surface area contributed by atoms with E-state index in [0.29, 0.717) is 25.7 Å². The molecule has 0 spiro atoms. The summed E-state index contributed by atoms with van der Waals surface area (Å²) in [5, 5.41) is 3.49. The predicted octanol–water partition coefficient (Wildman–Crippen LogP) is 2.17. The molecule has 1 saturated heterocycles. The molecule has 1 heterocycles. The maximum atomic E-state index is 12.7. The van der Waals surface area contributed by atoms with E-state index in [1.165, 1.54) is 22.6 Å². The number of hydrogen-bond acceptors (Lipinski definition) is 3. The summed E-state index contributed by atoms with van der Waals surface area (Å²) in [6.07, 6.45) is 1.22. The number of likely N-dealkylation sites (tertiary alicyclic amines) is 1. The molecule has 0 aromatic rings. The molecule has 28 heavy (non-hydrogen) atoms. The van der Waals surface area contributed by atoms with Gasteiger partial charge in [0.15, 0.2) is 5.96 Å². The van der Waals surface area contributed by atoms with Crippen LogP contribution in [0, 0.1) is 5.92 Å². The van der Waals surface area contributed by atoms with Gasteiger partial charge in [0.05, 0.1) is 6.54 Å². The normalized spacial score (nSPS) is 21.6. The van der Waals surface area contributed by atoms with Crippen LogP contribution in [-0.4, -0.2) is 92.1 Å². The molecule has 0 aromatic heterocycles. The molecule has 162 valence electrons. The Bertz CT molecular complexity index is 532. The van der Waals surface area contributed by atoms with Gasteiger partial charge in [-0.05, 0) is 31.7 Å².